The zero-order valence-corrected chi connectivity index (χ0v) is 16.8. The molecule has 7 heteroatoms. The maximum absolute atomic E-state index is 12.2. The molecule has 2 aromatic carbocycles. The largest absolute Gasteiger partial charge is 0.493 e. The van der Waals surface area contributed by atoms with Crippen LogP contribution in [-0.4, -0.2) is 45.7 Å². The number of hydrogen-bond acceptors (Lipinski definition) is 5. The van der Waals surface area contributed by atoms with E-state index in [4.69, 9.17) is 25.8 Å². The van der Waals surface area contributed by atoms with Gasteiger partial charge < -0.3 is 19.5 Å². The lowest BCUT2D eigenvalue weighted by molar-refractivity contribution is -0.122. The molecule has 0 aliphatic rings. The number of ether oxygens (including phenoxy) is 3. The number of hydrogen-bond donors (Lipinski definition) is 1. The molecule has 1 amide bonds. The van der Waals surface area contributed by atoms with E-state index < -0.39 is 0 Å². The van der Waals surface area contributed by atoms with Crippen LogP contribution in [0.2, 0.25) is 5.02 Å². The zero-order chi connectivity index (χ0) is 19.8. The molecule has 0 bridgehead atoms. The molecule has 0 atom stereocenters. The highest BCUT2D eigenvalue weighted by atomic mass is 35.5. The number of nitrogens with zero attached hydrogens (tertiary/aromatic N) is 1. The van der Waals surface area contributed by atoms with Crippen LogP contribution in [0, 0.1) is 0 Å². The summed E-state index contributed by atoms with van der Waals surface area (Å²) in [7, 11) is 6.57. The maximum Gasteiger partial charge on any atom is 0.234 e. The highest BCUT2D eigenvalue weighted by Gasteiger charge is 2.14. The number of nitrogens with one attached hydrogen (secondary N) is 1. The molecule has 2 aromatic rings. The summed E-state index contributed by atoms with van der Waals surface area (Å²) in [5, 5.41) is 3.61. The smallest absolute Gasteiger partial charge is 0.234 e. The third-order valence-corrected chi connectivity index (χ3v) is 4.25. The highest BCUT2D eigenvalue weighted by Crippen LogP contribution is 2.38. The first kappa shape index (κ1) is 20.9. The van der Waals surface area contributed by atoms with Crippen LogP contribution in [0.5, 0.6) is 17.2 Å². The number of rotatable bonds is 9. The van der Waals surface area contributed by atoms with Crippen molar-refractivity contribution in [3.05, 3.63) is 52.5 Å². The van der Waals surface area contributed by atoms with E-state index in [-0.39, 0.29) is 12.5 Å². The van der Waals surface area contributed by atoms with Gasteiger partial charge in [0.15, 0.2) is 11.5 Å². The third kappa shape index (κ3) is 6.05. The van der Waals surface area contributed by atoms with Gasteiger partial charge in [-0.15, -0.1) is 0 Å². The lowest BCUT2D eigenvalue weighted by Crippen LogP contribution is -2.34. The van der Waals surface area contributed by atoms with Gasteiger partial charge in [0.25, 0.3) is 0 Å². The van der Waals surface area contributed by atoms with Gasteiger partial charge in [-0.1, -0.05) is 23.7 Å². The summed E-state index contributed by atoms with van der Waals surface area (Å²) in [5.74, 6) is 1.57. The van der Waals surface area contributed by atoms with Gasteiger partial charge >= 0.3 is 0 Å². The van der Waals surface area contributed by atoms with Crippen LogP contribution in [0.1, 0.15) is 11.1 Å². The van der Waals surface area contributed by atoms with E-state index in [1.165, 1.54) is 0 Å². The summed E-state index contributed by atoms with van der Waals surface area (Å²) in [5.41, 5.74) is 1.96. The van der Waals surface area contributed by atoms with E-state index >= 15 is 0 Å². The summed E-state index contributed by atoms with van der Waals surface area (Å²) in [6.45, 7) is 1.31. The Bertz CT molecular complexity index is 740. The predicted octanol–water partition coefficient (Wildman–Crippen LogP) is 3.11. The Balaban J connectivity index is 1.91. The summed E-state index contributed by atoms with van der Waals surface area (Å²) in [6, 6.07) is 11.2. The van der Waals surface area contributed by atoms with Crippen molar-refractivity contribution in [1.82, 2.24) is 10.2 Å². The summed E-state index contributed by atoms with van der Waals surface area (Å²) in [6.07, 6.45) is 0. The lowest BCUT2D eigenvalue weighted by Gasteiger charge is -2.17. The fourth-order valence-corrected chi connectivity index (χ4v) is 2.82. The maximum atomic E-state index is 12.2. The number of benzene rings is 2. The Labute approximate surface area is 165 Å². The average molecular weight is 393 g/mol. The van der Waals surface area contributed by atoms with Gasteiger partial charge in [0, 0.05) is 18.1 Å². The highest BCUT2D eigenvalue weighted by molar-refractivity contribution is 6.30. The molecule has 6 nitrogen and oxygen atoms in total. The Kier molecular flexibility index (Phi) is 7.76. The molecule has 0 unspecified atom stereocenters. The standard InChI is InChI=1S/C20H25ClN2O4/c1-23(12-14-5-7-16(21)8-6-14)13-19(24)22-11-15-9-17(25-2)20(27-4)18(10-15)26-3/h5-10H,11-13H2,1-4H3,(H,22,24). The van der Waals surface area contributed by atoms with Crippen molar-refractivity contribution in [1.29, 1.82) is 0 Å². The van der Waals surface area contributed by atoms with Crippen molar-refractivity contribution in [3.8, 4) is 17.2 Å². The second-order valence-electron chi connectivity index (χ2n) is 6.11. The monoisotopic (exact) mass is 392 g/mol. The first-order valence-electron chi connectivity index (χ1n) is 8.45. The van der Waals surface area contributed by atoms with Gasteiger partial charge in [-0.2, -0.15) is 0 Å². The summed E-state index contributed by atoms with van der Waals surface area (Å²) < 4.78 is 16.0. The zero-order valence-electron chi connectivity index (χ0n) is 16.0. The summed E-state index contributed by atoms with van der Waals surface area (Å²) >= 11 is 5.89. The number of methoxy groups -OCH3 is 3. The number of carbonyl (C=O) groups is 1. The van der Waals surface area contributed by atoms with Crippen LogP contribution >= 0.6 is 11.6 Å². The van der Waals surface area contributed by atoms with Gasteiger partial charge in [-0.25, -0.2) is 0 Å². The number of halogens is 1. The van der Waals surface area contributed by atoms with E-state index in [1.54, 1.807) is 21.3 Å². The second kappa shape index (κ2) is 10.0. The summed E-state index contributed by atoms with van der Waals surface area (Å²) in [4.78, 5) is 14.2. The molecule has 0 radical (unpaired) electrons. The SMILES string of the molecule is COc1cc(CNC(=O)CN(C)Cc2ccc(Cl)cc2)cc(OC)c1OC. The Morgan fingerprint density at radius 1 is 1.00 bits per heavy atom. The molecular formula is C20H25ClN2O4. The van der Waals surface area contributed by atoms with E-state index in [0.29, 0.717) is 35.4 Å². The van der Waals surface area contributed by atoms with E-state index in [2.05, 4.69) is 5.32 Å². The Hall–Kier alpha value is -2.44. The molecular weight excluding hydrogens is 368 g/mol. The first-order chi connectivity index (χ1) is 13.0. The van der Waals surface area contributed by atoms with Crippen molar-refractivity contribution in [3.63, 3.8) is 0 Å². The molecule has 0 saturated heterocycles. The Morgan fingerprint density at radius 3 is 2.11 bits per heavy atom. The minimum Gasteiger partial charge on any atom is -0.493 e. The lowest BCUT2D eigenvalue weighted by atomic mass is 10.1. The molecule has 0 fully saturated rings. The van der Waals surface area contributed by atoms with Crippen LogP contribution < -0.4 is 19.5 Å². The van der Waals surface area contributed by atoms with Crippen LogP contribution in [0.3, 0.4) is 0 Å². The number of likely N-dealkylation sites (N-methyl/N-ethyl adjacent to an activating group) is 1. The predicted molar refractivity (Wildman–Crippen MR) is 106 cm³/mol. The van der Waals surface area contributed by atoms with E-state index in [0.717, 1.165) is 11.1 Å². The van der Waals surface area contributed by atoms with Gasteiger partial charge in [0.2, 0.25) is 11.7 Å². The minimum atomic E-state index is -0.0692. The molecule has 0 aromatic heterocycles. The van der Waals surface area contributed by atoms with Crippen LogP contribution in [0.25, 0.3) is 0 Å². The van der Waals surface area contributed by atoms with Crippen LogP contribution in [0.15, 0.2) is 36.4 Å². The molecule has 0 aliphatic carbocycles. The van der Waals surface area contributed by atoms with E-state index in [1.807, 2.05) is 48.3 Å². The molecule has 1 N–H and O–H groups in total. The van der Waals surface area contributed by atoms with Gasteiger partial charge in [-0.3, -0.25) is 9.69 Å². The third-order valence-electron chi connectivity index (χ3n) is 3.99. The molecule has 2 rings (SSSR count). The van der Waals surface area contributed by atoms with Crippen molar-refractivity contribution in [2.75, 3.05) is 34.9 Å². The first-order valence-corrected chi connectivity index (χ1v) is 8.83. The van der Waals surface area contributed by atoms with Crippen molar-refractivity contribution < 1.29 is 19.0 Å². The average Bonchev–Trinajstić information content (AvgIpc) is 2.67. The topological polar surface area (TPSA) is 60.0 Å². The number of amides is 1. The molecule has 0 aliphatic heterocycles. The quantitative estimate of drug-likeness (QED) is 0.710. The van der Waals surface area contributed by atoms with E-state index in [9.17, 15) is 4.79 Å². The molecule has 146 valence electrons. The number of carbonyl (C=O) groups excluding carboxylic acids is 1. The molecule has 0 heterocycles. The van der Waals surface area contributed by atoms with Crippen molar-refractivity contribution >= 4 is 17.5 Å². The van der Waals surface area contributed by atoms with Crippen molar-refractivity contribution in [2.45, 2.75) is 13.1 Å². The van der Waals surface area contributed by atoms with Crippen LogP contribution in [-0.2, 0) is 17.9 Å². The van der Waals surface area contributed by atoms with Gasteiger partial charge in [0.05, 0.1) is 27.9 Å². The van der Waals surface area contributed by atoms with Crippen molar-refractivity contribution in [2.24, 2.45) is 0 Å². The van der Waals surface area contributed by atoms with Gasteiger partial charge in [-0.05, 0) is 42.4 Å². The fourth-order valence-electron chi connectivity index (χ4n) is 2.70. The molecule has 0 saturated carbocycles. The Morgan fingerprint density at radius 2 is 1.59 bits per heavy atom. The minimum absolute atomic E-state index is 0.0692. The molecule has 0 spiro atoms. The normalized spacial score (nSPS) is 10.6. The van der Waals surface area contributed by atoms with Crippen LogP contribution in [0.4, 0.5) is 0 Å². The molecule has 27 heavy (non-hydrogen) atoms. The van der Waals surface area contributed by atoms with Gasteiger partial charge in [0.1, 0.15) is 0 Å². The fraction of sp³-hybridized carbons (Fsp3) is 0.350. The second-order valence-corrected chi connectivity index (χ2v) is 6.55.